The minimum Gasteiger partial charge on any atom is -0.497 e. The van der Waals surface area contributed by atoms with Crippen molar-refractivity contribution < 1.29 is 9.53 Å². The van der Waals surface area contributed by atoms with E-state index in [0.29, 0.717) is 12.5 Å². The highest BCUT2D eigenvalue weighted by atomic mass is 16.5. The molecule has 1 aromatic carbocycles. The monoisotopic (exact) mass is 233 g/mol. The Morgan fingerprint density at radius 3 is 3.00 bits per heavy atom. The lowest BCUT2D eigenvalue weighted by molar-refractivity contribution is -0.121. The quantitative estimate of drug-likeness (QED) is 0.868. The molecule has 3 nitrogen and oxygen atoms in total. The van der Waals surface area contributed by atoms with Crippen molar-refractivity contribution in [1.82, 2.24) is 5.32 Å². The van der Waals surface area contributed by atoms with Gasteiger partial charge in [0.2, 0.25) is 5.91 Å². The number of methoxy groups -OCH3 is 1. The zero-order chi connectivity index (χ0) is 12.3. The van der Waals surface area contributed by atoms with Crippen LogP contribution in [0.1, 0.15) is 30.9 Å². The summed E-state index contributed by atoms with van der Waals surface area (Å²) in [6.07, 6.45) is 3.53. The standard InChI is InChI=1S/C14H19NO2/c1-3-14(16)15-12-6-4-11-9-13(17-2)7-5-10(11)8-12/h5,7,9,12H,3-4,6,8H2,1-2H3,(H,15,16). The predicted octanol–water partition coefficient (Wildman–Crippen LogP) is 2.08. The van der Waals surface area contributed by atoms with Crippen LogP contribution in [0.25, 0.3) is 0 Å². The number of hydrogen-bond donors (Lipinski definition) is 1. The Morgan fingerprint density at radius 1 is 1.47 bits per heavy atom. The fraction of sp³-hybridized carbons (Fsp3) is 0.500. The van der Waals surface area contributed by atoms with E-state index in [9.17, 15) is 4.79 Å². The zero-order valence-corrected chi connectivity index (χ0v) is 10.5. The molecule has 1 unspecified atom stereocenters. The lowest BCUT2D eigenvalue weighted by Crippen LogP contribution is -2.38. The smallest absolute Gasteiger partial charge is 0.219 e. The first-order valence-electron chi connectivity index (χ1n) is 6.18. The summed E-state index contributed by atoms with van der Waals surface area (Å²) in [6.45, 7) is 1.89. The molecule has 0 fully saturated rings. The number of rotatable bonds is 3. The Balaban J connectivity index is 2.06. The molecule has 0 aromatic heterocycles. The number of ether oxygens (including phenoxy) is 1. The molecule has 0 heterocycles. The van der Waals surface area contributed by atoms with Crippen LogP contribution in [0, 0.1) is 0 Å². The second-order valence-electron chi connectivity index (χ2n) is 4.50. The summed E-state index contributed by atoms with van der Waals surface area (Å²) in [4.78, 5) is 11.4. The Morgan fingerprint density at radius 2 is 2.29 bits per heavy atom. The average Bonchev–Trinajstić information content (AvgIpc) is 2.38. The molecule has 1 aromatic rings. The number of hydrogen-bond acceptors (Lipinski definition) is 2. The van der Waals surface area contributed by atoms with Crippen LogP contribution in [0.2, 0.25) is 0 Å². The van der Waals surface area contributed by atoms with Crippen molar-refractivity contribution in [2.45, 2.75) is 38.6 Å². The molecule has 1 atom stereocenters. The van der Waals surface area contributed by atoms with E-state index in [1.54, 1.807) is 7.11 Å². The lowest BCUT2D eigenvalue weighted by Gasteiger charge is -2.25. The van der Waals surface area contributed by atoms with Crippen LogP contribution in [-0.4, -0.2) is 19.1 Å². The predicted molar refractivity (Wildman–Crippen MR) is 67.2 cm³/mol. The van der Waals surface area contributed by atoms with Crippen molar-refractivity contribution in [2.75, 3.05) is 7.11 Å². The molecule has 0 saturated carbocycles. The van der Waals surface area contributed by atoms with E-state index in [-0.39, 0.29) is 5.91 Å². The van der Waals surface area contributed by atoms with Gasteiger partial charge < -0.3 is 10.1 Å². The van der Waals surface area contributed by atoms with Gasteiger partial charge in [0, 0.05) is 12.5 Å². The summed E-state index contributed by atoms with van der Waals surface area (Å²) in [6, 6.07) is 6.50. The van der Waals surface area contributed by atoms with E-state index in [0.717, 1.165) is 25.0 Å². The van der Waals surface area contributed by atoms with Gasteiger partial charge in [0.15, 0.2) is 0 Å². The van der Waals surface area contributed by atoms with Crippen LogP contribution in [0.3, 0.4) is 0 Å². The topological polar surface area (TPSA) is 38.3 Å². The number of carbonyl (C=O) groups is 1. The maximum Gasteiger partial charge on any atom is 0.219 e. The molecule has 3 heteroatoms. The molecule has 1 amide bonds. The first-order valence-corrected chi connectivity index (χ1v) is 6.18. The number of carbonyl (C=O) groups excluding carboxylic acids is 1. The second kappa shape index (κ2) is 5.21. The normalized spacial score (nSPS) is 18.4. The van der Waals surface area contributed by atoms with Crippen molar-refractivity contribution in [3.05, 3.63) is 29.3 Å². The molecule has 2 rings (SSSR count). The van der Waals surface area contributed by atoms with Crippen LogP contribution < -0.4 is 10.1 Å². The Labute approximate surface area is 102 Å². The highest BCUT2D eigenvalue weighted by Crippen LogP contribution is 2.25. The van der Waals surface area contributed by atoms with E-state index < -0.39 is 0 Å². The lowest BCUT2D eigenvalue weighted by atomic mass is 9.88. The molecule has 17 heavy (non-hydrogen) atoms. The van der Waals surface area contributed by atoms with Gasteiger partial charge in [-0.15, -0.1) is 0 Å². The van der Waals surface area contributed by atoms with E-state index in [1.807, 2.05) is 13.0 Å². The maximum atomic E-state index is 11.4. The summed E-state index contributed by atoms with van der Waals surface area (Å²) in [5, 5.41) is 3.07. The fourth-order valence-electron chi connectivity index (χ4n) is 2.31. The van der Waals surface area contributed by atoms with Gasteiger partial charge in [-0.05, 0) is 42.5 Å². The van der Waals surface area contributed by atoms with Gasteiger partial charge in [-0.1, -0.05) is 13.0 Å². The summed E-state index contributed by atoms with van der Waals surface area (Å²) in [5.41, 5.74) is 2.69. The molecule has 0 radical (unpaired) electrons. The number of fused-ring (bicyclic) bond motifs is 1. The maximum absolute atomic E-state index is 11.4. The van der Waals surface area contributed by atoms with Crippen molar-refractivity contribution in [2.24, 2.45) is 0 Å². The van der Waals surface area contributed by atoms with Gasteiger partial charge in [-0.2, -0.15) is 0 Å². The molecule has 0 bridgehead atoms. The molecule has 1 N–H and O–H groups in total. The third-order valence-corrected chi connectivity index (χ3v) is 3.33. The van der Waals surface area contributed by atoms with Gasteiger partial charge in [-0.3, -0.25) is 4.79 Å². The molecular formula is C14H19NO2. The summed E-state index contributed by atoms with van der Waals surface area (Å²) < 4.78 is 5.22. The molecule has 0 spiro atoms. The highest BCUT2D eigenvalue weighted by molar-refractivity contribution is 5.75. The first kappa shape index (κ1) is 12.0. The summed E-state index contributed by atoms with van der Waals surface area (Å²) >= 11 is 0. The van der Waals surface area contributed by atoms with Gasteiger partial charge >= 0.3 is 0 Å². The van der Waals surface area contributed by atoms with Gasteiger partial charge in [0.05, 0.1) is 7.11 Å². The molecular weight excluding hydrogens is 214 g/mol. The van der Waals surface area contributed by atoms with Gasteiger partial charge in [0.25, 0.3) is 0 Å². The highest BCUT2D eigenvalue weighted by Gasteiger charge is 2.19. The number of benzene rings is 1. The summed E-state index contributed by atoms with van der Waals surface area (Å²) in [5.74, 6) is 1.06. The first-order chi connectivity index (χ1) is 8.22. The molecule has 0 aliphatic heterocycles. The van der Waals surface area contributed by atoms with Crippen LogP contribution in [0.15, 0.2) is 18.2 Å². The van der Waals surface area contributed by atoms with Crippen molar-refractivity contribution in [3.63, 3.8) is 0 Å². The van der Waals surface area contributed by atoms with Crippen molar-refractivity contribution >= 4 is 5.91 Å². The Bertz CT molecular complexity index is 415. The molecule has 1 aliphatic rings. The third kappa shape index (κ3) is 2.78. The minimum atomic E-state index is 0.145. The van der Waals surface area contributed by atoms with Crippen LogP contribution in [0.5, 0.6) is 5.75 Å². The Kier molecular flexibility index (Phi) is 3.67. The number of amides is 1. The minimum absolute atomic E-state index is 0.145. The number of aryl methyl sites for hydroxylation is 1. The molecule has 92 valence electrons. The van der Waals surface area contributed by atoms with E-state index in [4.69, 9.17) is 4.74 Å². The van der Waals surface area contributed by atoms with Gasteiger partial charge in [-0.25, -0.2) is 0 Å². The van der Waals surface area contributed by atoms with Crippen molar-refractivity contribution in [3.8, 4) is 5.75 Å². The third-order valence-electron chi connectivity index (χ3n) is 3.33. The summed E-state index contributed by atoms with van der Waals surface area (Å²) in [7, 11) is 1.69. The SMILES string of the molecule is CCC(=O)NC1CCc2cc(OC)ccc2C1. The fourth-order valence-corrected chi connectivity index (χ4v) is 2.31. The average molecular weight is 233 g/mol. The molecule has 1 aliphatic carbocycles. The van der Waals surface area contributed by atoms with Crippen molar-refractivity contribution in [1.29, 1.82) is 0 Å². The van der Waals surface area contributed by atoms with E-state index in [1.165, 1.54) is 11.1 Å². The second-order valence-corrected chi connectivity index (χ2v) is 4.50. The van der Waals surface area contributed by atoms with Crippen LogP contribution >= 0.6 is 0 Å². The van der Waals surface area contributed by atoms with E-state index in [2.05, 4.69) is 17.4 Å². The van der Waals surface area contributed by atoms with Crippen LogP contribution in [-0.2, 0) is 17.6 Å². The Hall–Kier alpha value is -1.51. The molecule has 0 saturated heterocycles. The largest absolute Gasteiger partial charge is 0.497 e. The van der Waals surface area contributed by atoms with Crippen LogP contribution in [0.4, 0.5) is 0 Å². The number of nitrogens with one attached hydrogen (secondary N) is 1. The van der Waals surface area contributed by atoms with E-state index >= 15 is 0 Å². The zero-order valence-electron chi connectivity index (χ0n) is 10.5. The van der Waals surface area contributed by atoms with Gasteiger partial charge in [0.1, 0.15) is 5.75 Å².